The van der Waals surface area contributed by atoms with Gasteiger partial charge in [-0.1, -0.05) is 30.0 Å². The Hall–Kier alpha value is -2.58. The van der Waals surface area contributed by atoms with Gasteiger partial charge in [0.1, 0.15) is 0 Å². The first-order chi connectivity index (χ1) is 13.2. The maximum atomic E-state index is 13.9. The molecule has 2 heterocycles. The molecule has 0 fully saturated rings. The quantitative estimate of drug-likeness (QED) is 0.650. The Kier molecular flexibility index (Phi) is 5.00. The number of nitrogens with zero attached hydrogens (tertiary/aromatic N) is 2. The topological polar surface area (TPSA) is 56.5 Å². The van der Waals surface area contributed by atoms with Gasteiger partial charge in [-0.2, -0.15) is 0 Å². The minimum absolute atomic E-state index is 0.174. The van der Waals surface area contributed by atoms with Gasteiger partial charge in [-0.15, -0.1) is 0 Å². The van der Waals surface area contributed by atoms with E-state index in [-0.39, 0.29) is 24.7 Å². The maximum Gasteiger partial charge on any atom is 0.231 e. The average Bonchev–Trinajstić information content (AvgIpc) is 3.29. The molecule has 0 aliphatic carbocycles. The van der Waals surface area contributed by atoms with Crippen molar-refractivity contribution < 1.29 is 23.4 Å². The summed E-state index contributed by atoms with van der Waals surface area (Å²) in [5.74, 6) is -0.113. The molecule has 0 spiro atoms. The van der Waals surface area contributed by atoms with Gasteiger partial charge >= 0.3 is 0 Å². The fourth-order valence-corrected chi connectivity index (χ4v) is 3.80. The monoisotopic (exact) mass is 390 g/mol. The van der Waals surface area contributed by atoms with Gasteiger partial charge in [0, 0.05) is 11.3 Å². The van der Waals surface area contributed by atoms with E-state index in [9.17, 15) is 13.9 Å². The Bertz CT molecular complexity index is 978. The van der Waals surface area contributed by atoms with Crippen LogP contribution in [0.15, 0.2) is 47.8 Å². The lowest BCUT2D eigenvalue weighted by Crippen LogP contribution is -2.06. The molecule has 5 nitrogen and oxygen atoms in total. The van der Waals surface area contributed by atoms with Crippen molar-refractivity contribution in [2.24, 2.45) is 0 Å². The molecule has 0 unspecified atom stereocenters. The second-order valence-corrected chi connectivity index (χ2v) is 6.91. The van der Waals surface area contributed by atoms with E-state index in [1.807, 2.05) is 22.8 Å². The molecule has 0 amide bonds. The van der Waals surface area contributed by atoms with Crippen molar-refractivity contribution in [3.63, 3.8) is 0 Å². The number of hydrogen-bond acceptors (Lipinski definition) is 5. The summed E-state index contributed by atoms with van der Waals surface area (Å²) in [6.45, 7) is 0.485. The summed E-state index contributed by atoms with van der Waals surface area (Å²) in [4.78, 5) is 4.32. The molecule has 0 saturated carbocycles. The van der Waals surface area contributed by atoms with Gasteiger partial charge in [0.15, 0.2) is 28.3 Å². The van der Waals surface area contributed by atoms with Crippen LogP contribution in [0.3, 0.4) is 0 Å². The van der Waals surface area contributed by atoms with Crippen LogP contribution in [0, 0.1) is 11.6 Å². The first-order valence-electron chi connectivity index (χ1n) is 8.25. The number of fused-ring (bicyclic) bond motifs is 1. The number of aromatic nitrogens is 2. The zero-order valence-electron chi connectivity index (χ0n) is 14.2. The van der Waals surface area contributed by atoms with Crippen molar-refractivity contribution >= 4 is 11.8 Å². The number of aliphatic hydroxyl groups is 1. The van der Waals surface area contributed by atoms with Gasteiger partial charge in [0.05, 0.1) is 25.0 Å². The van der Waals surface area contributed by atoms with Gasteiger partial charge in [0.2, 0.25) is 6.79 Å². The molecular weight excluding hydrogens is 374 g/mol. The van der Waals surface area contributed by atoms with Gasteiger partial charge in [-0.25, -0.2) is 13.8 Å². The van der Waals surface area contributed by atoms with E-state index in [0.717, 1.165) is 11.6 Å². The molecule has 27 heavy (non-hydrogen) atoms. The van der Waals surface area contributed by atoms with Crippen LogP contribution in [-0.2, 0) is 18.9 Å². The summed E-state index contributed by atoms with van der Waals surface area (Å²) >= 11 is 1.28. The highest BCUT2D eigenvalue weighted by Crippen LogP contribution is 2.33. The van der Waals surface area contributed by atoms with Crippen LogP contribution in [0.1, 0.15) is 16.8 Å². The summed E-state index contributed by atoms with van der Waals surface area (Å²) in [5, 5.41) is 10.2. The third kappa shape index (κ3) is 3.63. The molecule has 1 aliphatic heterocycles. The molecule has 4 rings (SSSR count). The Morgan fingerprint density at radius 3 is 2.85 bits per heavy atom. The van der Waals surface area contributed by atoms with Crippen LogP contribution in [0.4, 0.5) is 8.78 Å². The third-order valence-electron chi connectivity index (χ3n) is 4.23. The van der Waals surface area contributed by atoms with E-state index >= 15 is 0 Å². The van der Waals surface area contributed by atoms with Crippen LogP contribution in [-0.4, -0.2) is 21.5 Å². The molecule has 2 aromatic carbocycles. The summed E-state index contributed by atoms with van der Waals surface area (Å²) in [6.07, 6.45) is 1.58. The highest BCUT2D eigenvalue weighted by Gasteiger charge is 2.16. The molecule has 140 valence electrons. The van der Waals surface area contributed by atoms with E-state index in [0.29, 0.717) is 28.9 Å². The smallest absolute Gasteiger partial charge is 0.231 e. The van der Waals surface area contributed by atoms with E-state index in [1.54, 1.807) is 12.3 Å². The van der Waals surface area contributed by atoms with Gasteiger partial charge in [-0.3, -0.25) is 0 Å². The van der Waals surface area contributed by atoms with Crippen LogP contribution < -0.4 is 9.47 Å². The molecule has 0 radical (unpaired) electrons. The molecule has 1 N–H and O–H groups in total. The van der Waals surface area contributed by atoms with E-state index in [4.69, 9.17) is 9.47 Å². The molecule has 1 aliphatic rings. The predicted molar refractivity (Wildman–Crippen MR) is 95.7 cm³/mol. The molecule has 0 saturated heterocycles. The summed E-state index contributed by atoms with van der Waals surface area (Å²) in [7, 11) is 0. The van der Waals surface area contributed by atoms with Crippen molar-refractivity contribution in [2.45, 2.75) is 24.1 Å². The first-order valence-corrected chi connectivity index (χ1v) is 9.23. The number of thioether (sulfide) groups is 1. The van der Waals surface area contributed by atoms with Gasteiger partial charge in [-0.05, 0) is 23.8 Å². The van der Waals surface area contributed by atoms with Gasteiger partial charge in [0.25, 0.3) is 0 Å². The SMILES string of the molecule is OCc1cnc(SCc2cccc(F)c2F)n1Cc1ccc2c(c1)OCO2. The van der Waals surface area contributed by atoms with Crippen molar-refractivity contribution in [3.8, 4) is 11.5 Å². The molecule has 1 aromatic heterocycles. The molecule has 3 aromatic rings. The first kappa shape index (κ1) is 17.8. The van der Waals surface area contributed by atoms with Crippen molar-refractivity contribution in [1.29, 1.82) is 0 Å². The number of ether oxygens (including phenoxy) is 2. The number of rotatable bonds is 6. The molecule has 0 bridgehead atoms. The zero-order chi connectivity index (χ0) is 18.8. The Morgan fingerprint density at radius 2 is 2.00 bits per heavy atom. The number of benzene rings is 2. The number of aliphatic hydroxyl groups excluding tert-OH is 1. The highest BCUT2D eigenvalue weighted by atomic mass is 32.2. The molecule has 8 heteroatoms. The average molecular weight is 390 g/mol. The summed E-state index contributed by atoms with van der Waals surface area (Å²) < 4.78 is 39.8. The minimum atomic E-state index is -0.868. The predicted octanol–water partition coefficient (Wildman–Crippen LogP) is 3.72. The molecular formula is C19H16F2N2O3S. The lowest BCUT2D eigenvalue weighted by molar-refractivity contribution is 0.174. The minimum Gasteiger partial charge on any atom is -0.454 e. The van der Waals surface area contributed by atoms with Crippen LogP contribution in [0.25, 0.3) is 0 Å². The normalized spacial score (nSPS) is 12.6. The Balaban J connectivity index is 1.56. The fraction of sp³-hybridized carbons (Fsp3) is 0.211. The Labute approximate surface area is 158 Å². The number of halogens is 2. The standard InChI is InChI=1S/C19H16F2N2O3S/c20-15-3-1-2-13(18(15)21)10-27-19-22-7-14(9-24)23(19)8-12-4-5-16-17(6-12)26-11-25-16/h1-7,24H,8-11H2. The van der Waals surface area contributed by atoms with Crippen molar-refractivity contribution in [1.82, 2.24) is 9.55 Å². The number of imidazole rings is 1. The fourth-order valence-electron chi connectivity index (χ4n) is 2.83. The van der Waals surface area contributed by atoms with Crippen molar-refractivity contribution in [3.05, 3.63) is 71.1 Å². The summed E-state index contributed by atoms with van der Waals surface area (Å²) in [5.41, 5.74) is 1.85. The van der Waals surface area contributed by atoms with Crippen LogP contribution in [0.2, 0.25) is 0 Å². The third-order valence-corrected chi connectivity index (χ3v) is 5.27. The second-order valence-electron chi connectivity index (χ2n) is 5.97. The second kappa shape index (κ2) is 7.58. The largest absolute Gasteiger partial charge is 0.454 e. The van der Waals surface area contributed by atoms with Crippen LogP contribution in [0.5, 0.6) is 11.5 Å². The van der Waals surface area contributed by atoms with Crippen LogP contribution >= 0.6 is 11.8 Å². The maximum absolute atomic E-state index is 13.9. The number of hydrogen-bond donors (Lipinski definition) is 1. The molecule has 0 atom stereocenters. The van der Waals surface area contributed by atoms with Gasteiger partial charge < -0.3 is 19.1 Å². The van der Waals surface area contributed by atoms with E-state index in [1.165, 1.54) is 17.8 Å². The highest BCUT2D eigenvalue weighted by molar-refractivity contribution is 7.98. The summed E-state index contributed by atoms with van der Waals surface area (Å²) in [6, 6.07) is 9.74. The lowest BCUT2D eigenvalue weighted by atomic mass is 10.2. The van der Waals surface area contributed by atoms with E-state index < -0.39 is 11.6 Å². The van der Waals surface area contributed by atoms with E-state index in [2.05, 4.69) is 4.98 Å². The zero-order valence-corrected chi connectivity index (χ0v) is 15.0. The Morgan fingerprint density at radius 1 is 1.15 bits per heavy atom. The van der Waals surface area contributed by atoms with Crippen molar-refractivity contribution in [2.75, 3.05) is 6.79 Å². The lowest BCUT2D eigenvalue weighted by Gasteiger charge is -2.12.